The van der Waals surface area contributed by atoms with Gasteiger partial charge in [-0.2, -0.15) is 5.26 Å². The standard InChI is InChI=1S/C17H16N2O/c1-2-16(14-8-4-3-5-9-14)17(20)19-15-10-6-7-13(11-15)12-18/h3-11,16H,2H2,1H3,(H,19,20)/t16-/m0/s1. The maximum Gasteiger partial charge on any atom is 0.231 e. The zero-order chi connectivity index (χ0) is 14.4. The molecule has 0 aliphatic heterocycles. The van der Waals surface area contributed by atoms with Gasteiger partial charge in [0.25, 0.3) is 0 Å². The molecule has 0 saturated carbocycles. The summed E-state index contributed by atoms with van der Waals surface area (Å²) >= 11 is 0. The van der Waals surface area contributed by atoms with E-state index in [-0.39, 0.29) is 11.8 Å². The van der Waals surface area contributed by atoms with E-state index in [2.05, 4.69) is 11.4 Å². The molecule has 0 aliphatic rings. The normalized spacial score (nSPS) is 11.4. The lowest BCUT2D eigenvalue weighted by Crippen LogP contribution is -2.20. The van der Waals surface area contributed by atoms with E-state index in [0.29, 0.717) is 11.3 Å². The molecule has 0 aliphatic carbocycles. The second kappa shape index (κ2) is 6.53. The van der Waals surface area contributed by atoms with Crippen molar-refractivity contribution in [1.82, 2.24) is 0 Å². The van der Waals surface area contributed by atoms with Gasteiger partial charge in [0.2, 0.25) is 5.91 Å². The molecule has 1 N–H and O–H groups in total. The van der Waals surface area contributed by atoms with Crippen LogP contribution in [0, 0.1) is 11.3 Å². The van der Waals surface area contributed by atoms with Gasteiger partial charge in [0.15, 0.2) is 0 Å². The second-order valence-corrected chi connectivity index (χ2v) is 4.55. The Morgan fingerprint density at radius 1 is 1.20 bits per heavy atom. The third-order valence-electron chi connectivity index (χ3n) is 3.19. The molecule has 2 rings (SSSR count). The van der Waals surface area contributed by atoms with Crippen molar-refractivity contribution < 1.29 is 4.79 Å². The van der Waals surface area contributed by atoms with Gasteiger partial charge in [-0.1, -0.05) is 43.3 Å². The third kappa shape index (κ3) is 3.24. The van der Waals surface area contributed by atoms with Crippen LogP contribution in [-0.4, -0.2) is 5.91 Å². The molecule has 0 fully saturated rings. The second-order valence-electron chi connectivity index (χ2n) is 4.55. The van der Waals surface area contributed by atoms with Crippen molar-refractivity contribution in [3.8, 4) is 6.07 Å². The quantitative estimate of drug-likeness (QED) is 0.915. The van der Waals surface area contributed by atoms with Crippen molar-refractivity contribution in [3.05, 3.63) is 65.7 Å². The molecule has 3 nitrogen and oxygen atoms in total. The maximum atomic E-state index is 12.3. The topological polar surface area (TPSA) is 52.9 Å². The van der Waals surface area contributed by atoms with Crippen molar-refractivity contribution in [2.24, 2.45) is 0 Å². The Morgan fingerprint density at radius 2 is 1.95 bits per heavy atom. The lowest BCUT2D eigenvalue weighted by Gasteiger charge is -2.15. The van der Waals surface area contributed by atoms with Crippen LogP contribution in [0.15, 0.2) is 54.6 Å². The number of amides is 1. The van der Waals surface area contributed by atoms with Gasteiger partial charge in [0.1, 0.15) is 0 Å². The number of hydrogen-bond acceptors (Lipinski definition) is 2. The first-order valence-electron chi connectivity index (χ1n) is 6.60. The number of hydrogen-bond donors (Lipinski definition) is 1. The van der Waals surface area contributed by atoms with Gasteiger partial charge in [-0.05, 0) is 30.2 Å². The molecule has 1 amide bonds. The van der Waals surface area contributed by atoms with E-state index >= 15 is 0 Å². The molecular weight excluding hydrogens is 248 g/mol. The zero-order valence-corrected chi connectivity index (χ0v) is 11.3. The van der Waals surface area contributed by atoms with Gasteiger partial charge in [-0.25, -0.2) is 0 Å². The lowest BCUT2D eigenvalue weighted by molar-refractivity contribution is -0.117. The molecule has 0 saturated heterocycles. The van der Waals surface area contributed by atoms with E-state index in [1.807, 2.05) is 37.3 Å². The van der Waals surface area contributed by atoms with Gasteiger partial charge >= 0.3 is 0 Å². The predicted octanol–water partition coefficient (Wildman–Crippen LogP) is 3.69. The summed E-state index contributed by atoms with van der Waals surface area (Å²) in [5.74, 6) is -0.226. The highest BCUT2D eigenvalue weighted by Gasteiger charge is 2.18. The first-order valence-corrected chi connectivity index (χ1v) is 6.60. The van der Waals surface area contributed by atoms with Crippen LogP contribution < -0.4 is 5.32 Å². The summed E-state index contributed by atoms with van der Waals surface area (Å²) in [4.78, 5) is 12.3. The molecule has 20 heavy (non-hydrogen) atoms. The fourth-order valence-corrected chi connectivity index (χ4v) is 2.15. The number of carbonyl (C=O) groups is 1. The molecule has 0 radical (unpaired) electrons. The fraction of sp³-hybridized carbons (Fsp3) is 0.176. The zero-order valence-electron chi connectivity index (χ0n) is 11.3. The highest BCUT2D eigenvalue weighted by molar-refractivity contribution is 5.95. The predicted molar refractivity (Wildman–Crippen MR) is 79.3 cm³/mol. The van der Waals surface area contributed by atoms with Crippen LogP contribution in [0.3, 0.4) is 0 Å². The Hall–Kier alpha value is -2.60. The Balaban J connectivity index is 2.16. The molecule has 2 aromatic carbocycles. The molecule has 0 aromatic heterocycles. The van der Waals surface area contributed by atoms with E-state index in [1.54, 1.807) is 24.3 Å². The number of carbonyl (C=O) groups excluding carboxylic acids is 1. The molecule has 0 unspecified atom stereocenters. The summed E-state index contributed by atoms with van der Waals surface area (Å²) in [5, 5.41) is 11.7. The third-order valence-corrected chi connectivity index (χ3v) is 3.19. The first-order chi connectivity index (χ1) is 9.74. The van der Waals surface area contributed by atoms with Crippen LogP contribution in [0.1, 0.15) is 30.4 Å². The van der Waals surface area contributed by atoms with Gasteiger partial charge in [0, 0.05) is 5.69 Å². The van der Waals surface area contributed by atoms with Crippen molar-refractivity contribution in [3.63, 3.8) is 0 Å². The summed E-state index contributed by atoms with van der Waals surface area (Å²) < 4.78 is 0. The van der Waals surface area contributed by atoms with Crippen molar-refractivity contribution in [2.75, 3.05) is 5.32 Å². The van der Waals surface area contributed by atoms with Crippen LogP contribution in [0.4, 0.5) is 5.69 Å². The minimum Gasteiger partial charge on any atom is -0.326 e. The Labute approximate surface area is 118 Å². The molecule has 2 aromatic rings. The van der Waals surface area contributed by atoms with E-state index < -0.39 is 0 Å². The minimum absolute atomic E-state index is 0.0474. The van der Waals surface area contributed by atoms with Crippen LogP contribution in [0.25, 0.3) is 0 Å². The van der Waals surface area contributed by atoms with Crippen LogP contribution >= 0.6 is 0 Å². The minimum atomic E-state index is -0.179. The van der Waals surface area contributed by atoms with E-state index in [1.165, 1.54) is 0 Å². The summed E-state index contributed by atoms with van der Waals surface area (Å²) in [5.41, 5.74) is 2.20. The number of nitrogens with zero attached hydrogens (tertiary/aromatic N) is 1. The molecular formula is C17H16N2O. The summed E-state index contributed by atoms with van der Waals surface area (Å²) in [6.45, 7) is 1.99. The summed E-state index contributed by atoms with van der Waals surface area (Å²) in [6.07, 6.45) is 0.730. The van der Waals surface area contributed by atoms with Gasteiger partial charge in [0.05, 0.1) is 17.6 Å². The van der Waals surface area contributed by atoms with E-state index in [4.69, 9.17) is 5.26 Å². The molecule has 100 valence electrons. The fourth-order valence-electron chi connectivity index (χ4n) is 2.15. The van der Waals surface area contributed by atoms with Crippen LogP contribution in [-0.2, 0) is 4.79 Å². The van der Waals surface area contributed by atoms with Gasteiger partial charge < -0.3 is 5.32 Å². The molecule has 0 heterocycles. The van der Waals surface area contributed by atoms with E-state index in [0.717, 1.165) is 12.0 Å². The summed E-state index contributed by atoms with van der Waals surface area (Å²) in [6, 6.07) is 18.7. The van der Waals surface area contributed by atoms with Crippen molar-refractivity contribution >= 4 is 11.6 Å². The maximum absolute atomic E-state index is 12.3. The average Bonchev–Trinajstić information content (AvgIpc) is 2.49. The first kappa shape index (κ1) is 13.8. The summed E-state index contributed by atoms with van der Waals surface area (Å²) in [7, 11) is 0. The number of benzene rings is 2. The molecule has 0 spiro atoms. The smallest absolute Gasteiger partial charge is 0.231 e. The number of anilines is 1. The van der Waals surface area contributed by atoms with Gasteiger partial charge in [-0.3, -0.25) is 4.79 Å². The Bertz CT molecular complexity index is 629. The van der Waals surface area contributed by atoms with Crippen molar-refractivity contribution in [1.29, 1.82) is 5.26 Å². The molecule has 3 heteroatoms. The molecule has 1 atom stereocenters. The SMILES string of the molecule is CC[C@H](C(=O)Nc1cccc(C#N)c1)c1ccccc1. The number of rotatable bonds is 4. The lowest BCUT2D eigenvalue weighted by atomic mass is 9.95. The van der Waals surface area contributed by atoms with E-state index in [9.17, 15) is 4.79 Å². The number of nitrogens with one attached hydrogen (secondary N) is 1. The van der Waals surface area contributed by atoms with Gasteiger partial charge in [-0.15, -0.1) is 0 Å². The average molecular weight is 264 g/mol. The van der Waals surface area contributed by atoms with Crippen molar-refractivity contribution in [2.45, 2.75) is 19.3 Å². The van der Waals surface area contributed by atoms with Crippen LogP contribution in [0.2, 0.25) is 0 Å². The van der Waals surface area contributed by atoms with Crippen LogP contribution in [0.5, 0.6) is 0 Å². The largest absolute Gasteiger partial charge is 0.326 e. The Morgan fingerprint density at radius 3 is 2.60 bits per heavy atom. The monoisotopic (exact) mass is 264 g/mol. The highest BCUT2D eigenvalue weighted by Crippen LogP contribution is 2.21. The number of nitriles is 1. The Kier molecular flexibility index (Phi) is 4.52. The molecule has 0 bridgehead atoms. The highest BCUT2D eigenvalue weighted by atomic mass is 16.1.